The fourth-order valence-electron chi connectivity index (χ4n) is 10.7. The Bertz CT molecular complexity index is 2710. The van der Waals surface area contributed by atoms with Gasteiger partial charge in [-0.2, -0.15) is 23.5 Å². The second kappa shape index (κ2) is 28.4. The Morgan fingerprint density at radius 2 is 1.21 bits per heavy atom. The monoisotopic (exact) mass is 1070 g/mol. The predicted octanol–water partition coefficient (Wildman–Crippen LogP) is 12.7. The fraction of sp³-hybridized carbons (Fsp3) is 0.500. The van der Waals surface area contributed by atoms with Crippen LogP contribution in [0.1, 0.15) is 140 Å². The average Bonchev–Trinajstić information content (AvgIpc) is 4.16. The summed E-state index contributed by atoms with van der Waals surface area (Å²) in [6.45, 7) is 10.3. The molecule has 7 rings (SSSR count). The van der Waals surface area contributed by atoms with Gasteiger partial charge in [-0.25, -0.2) is 19.6 Å². The molecule has 0 bridgehead atoms. The minimum Gasteiger partial charge on any atom is -0.453 e. The lowest BCUT2D eigenvalue weighted by Crippen LogP contribution is -2.51. The number of benzene rings is 2. The summed E-state index contributed by atoms with van der Waals surface area (Å²) in [6, 6.07) is 15.8. The van der Waals surface area contributed by atoms with Crippen LogP contribution in [0.2, 0.25) is 0 Å². The number of methoxy groups -OCH3 is 2. The molecule has 2 aliphatic heterocycles. The van der Waals surface area contributed by atoms with Crippen molar-refractivity contribution in [2.75, 3.05) is 51.3 Å². The fourth-order valence-corrected chi connectivity index (χ4v) is 11.7. The number of aromatic amines is 2. The van der Waals surface area contributed by atoms with Crippen LogP contribution in [0.4, 0.5) is 9.59 Å². The minimum absolute atomic E-state index is 0.101. The highest BCUT2D eigenvalue weighted by molar-refractivity contribution is 7.98. The molecule has 4 N–H and O–H groups in total. The van der Waals surface area contributed by atoms with E-state index in [9.17, 15) is 19.2 Å². The Hall–Kier alpha value is -6.00. The van der Waals surface area contributed by atoms with Crippen molar-refractivity contribution >= 4 is 58.7 Å². The van der Waals surface area contributed by atoms with Crippen molar-refractivity contribution in [3.05, 3.63) is 119 Å². The standard InChI is InChI=1S/C60H80N8O6S2/c1-9-42-19-21-43(41(4)44-22-26-46(27-23-44)51-37-61-55(63-51)53-14-10-12-32-67(53)57(69)49(30-34-75-7)65-59(71)73-5)20-17-39(2)16-18-40(3)48(36-42)45-24-28-47(29-25-45)52-38-62-56(64-52)54-15-11-13-33-68(54)58(70)50(31-35-76-8)66-60(72)74-6/h9,17,20,22-29,36-40,49-50,53-54H,10-16,18-19,21,30-35H2,1-8H3,(H,61,63)(H,62,64)(H,65,71)(H,66,72)/b20-17-,42-9-,43-41-,48-36+/t39-,40-,49+,50+,53+,54+/m1/s1. The zero-order valence-electron chi connectivity index (χ0n) is 45.9. The Labute approximate surface area is 459 Å². The molecule has 408 valence electrons. The molecule has 14 nitrogen and oxygen atoms in total. The molecule has 76 heavy (non-hydrogen) atoms. The minimum atomic E-state index is -0.661. The van der Waals surface area contributed by atoms with Crippen LogP contribution in [0.15, 0.2) is 96.4 Å². The second-order valence-corrected chi connectivity index (χ2v) is 22.4. The highest BCUT2D eigenvalue weighted by Gasteiger charge is 2.36. The smallest absolute Gasteiger partial charge is 0.407 e. The van der Waals surface area contributed by atoms with Gasteiger partial charge in [0.25, 0.3) is 0 Å². The number of amides is 4. The number of ether oxygens (including phenoxy) is 2. The molecule has 4 amide bonds. The number of carbonyl (C=O) groups excluding carboxylic acids is 4. The normalized spacial score (nSPS) is 22.7. The van der Waals surface area contributed by atoms with Crippen molar-refractivity contribution in [1.82, 2.24) is 40.4 Å². The number of allylic oxidation sites excluding steroid dienone is 8. The van der Waals surface area contributed by atoms with Crippen LogP contribution in [0, 0.1) is 11.8 Å². The van der Waals surface area contributed by atoms with Crippen molar-refractivity contribution in [3.63, 3.8) is 0 Å². The number of H-pyrrole nitrogens is 2. The third kappa shape index (κ3) is 14.9. The number of nitrogens with one attached hydrogen (secondary N) is 4. The lowest BCUT2D eigenvalue weighted by Gasteiger charge is -2.36. The Morgan fingerprint density at radius 3 is 1.70 bits per heavy atom. The van der Waals surface area contributed by atoms with Crippen LogP contribution in [-0.4, -0.2) is 117 Å². The Morgan fingerprint density at radius 1 is 0.711 bits per heavy atom. The topological polar surface area (TPSA) is 175 Å². The van der Waals surface area contributed by atoms with Gasteiger partial charge in [0.05, 0.1) is 50.1 Å². The molecule has 2 saturated heterocycles. The Balaban J connectivity index is 1.05. The summed E-state index contributed by atoms with van der Waals surface area (Å²) in [5.74, 6) is 3.55. The van der Waals surface area contributed by atoms with Gasteiger partial charge in [-0.3, -0.25) is 9.59 Å². The highest BCUT2D eigenvalue weighted by atomic mass is 32.2. The molecule has 0 unspecified atom stereocenters. The van der Waals surface area contributed by atoms with E-state index in [1.54, 1.807) is 23.5 Å². The molecular weight excluding hydrogens is 993 g/mol. The first-order chi connectivity index (χ1) is 36.8. The molecule has 0 saturated carbocycles. The molecule has 4 aromatic rings. The molecule has 16 heteroatoms. The van der Waals surface area contributed by atoms with Gasteiger partial charge < -0.3 is 39.9 Å². The summed E-state index contributed by atoms with van der Waals surface area (Å²) in [5, 5.41) is 5.55. The van der Waals surface area contributed by atoms with Crippen molar-refractivity contribution in [2.24, 2.45) is 11.8 Å². The number of aromatic nitrogens is 4. The number of alkyl carbamates (subject to hydrolysis) is 2. The van der Waals surface area contributed by atoms with Gasteiger partial charge in [-0.05, 0) is 166 Å². The summed E-state index contributed by atoms with van der Waals surface area (Å²) in [4.78, 5) is 72.8. The van der Waals surface area contributed by atoms with Gasteiger partial charge in [-0.15, -0.1) is 0 Å². The number of rotatable bonds is 16. The molecule has 2 aromatic carbocycles. The van der Waals surface area contributed by atoms with E-state index in [1.165, 1.54) is 47.6 Å². The van der Waals surface area contributed by atoms with Crippen LogP contribution in [0.25, 0.3) is 33.7 Å². The van der Waals surface area contributed by atoms with E-state index < -0.39 is 24.3 Å². The van der Waals surface area contributed by atoms with E-state index in [4.69, 9.17) is 19.4 Å². The quantitative estimate of drug-likeness (QED) is 0.0845. The zero-order chi connectivity index (χ0) is 54.1. The van der Waals surface area contributed by atoms with Gasteiger partial charge in [0.15, 0.2) is 0 Å². The third-order valence-corrected chi connectivity index (χ3v) is 16.7. The van der Waals surface area contributed by atoms with E-state index in [1.807, 2.05) is 34.7 Å². The highest BCUT2D eigenvalue weighted by Crippen LogP contribution is 2.37. The summed E-state index contributed by atoms with van der Waals surface area (Å²) >= 11 is 3.28. The average molecular weight is 1070 g/mol. The van der Waals surface area contributed by atoms with Crippen molar-refractivity contribution in [1.29, 1.82) is 0 Å². The van der Waals surface area contributed by atoms with Crippen LogP contribution in [0.3, 0.4) is 0 Å². The number of carbonyl (C=O) groups is 4. The molecule has 2 aromatic heterocycles. The molecule has 0 spiro atoms. The predicted molar refractivity (Wildman–Crippen MR) is 310 cm³/mol. The summed E-state index contributed by atoms with van der Waals surface area (Å²) in [7, 11) is 2.64. The van der Waals surface area contributed by atoms with Crippen molar-refractivity contribution in [3.8, 4) is 22.5 Å². The zero-order valence-corrected chi connectivity index (χ0v) is 47.5. The van der Waals surface area contributed by atoms with Gasteiger partial charge in [0, 0.05) is 13.1 Å². The molecule has 0 radical (unpaired) electrons. The molecule has 6 atom stereocenters. The number of piperidine rings is 2. The second-order valence-electron chi connectivity index (χ2n) is 20.5. The largest absolute Gasteiger partial charge is 0.453 e. The lowest BCUT2D eigenvalue weighted by atomic mass is 9.84. The maximum absolute atomic E-state index is 13.9. The van der Waals surface area contributed by atoms with E-state index >= 15 is 0 Å². The number of hydrogen-bond donors (Lipinski definition) is 4. The van der Waals surface area contributed by atoms with Gasteiger partial charge >= 0.3 is 12.2 Å². The van der Waals surface area contributed by atoms with Gasteiger partial charge in [-0.1, -0.05) is 92.3 Å². The van der Waals surface area contributed by atoms with E-state index in [0.717, 1.165) is 110 Å². The van der Waals surface area contributed by atoms with Crippen LogP contribution in [0.5, 0.6) is 0 Å². The van der Waals surface area contributed by atoms with Crippen molar-refractivity contribution in [2.45, 2.75) is 129 Å². The summed E-state index contributed by atoms with van der Waals surface area (Å²) < 4.78 is 9.72. The molecule has 2 fully saturated rings. The summed E-state index contributed by atoms with van der Waals surface area (Å²) in [5.41, 5.74) is 11.5. The first-order valence-corrected chi connectivity index (χ1v) is 30.0. The number of likely N-dealkylation sites (tertiary alicyclic amines) is 2. The number of imidazole rings is 2. The van der Waals surface area contributed by atoms with Crippen molar-refractivity contribution < 1.29 is 28.7 Å². The van der Waals surface area contributed by atoms with E-state index in [2.05, 4.69) is 121 Å². The van der Waals surface area contributed by atoms with Gasteiger partial charge in [0.1, 0.15) is 23.7 Å². The van der Waals surface area contributed by atoms with E-state index in [0.29, 0.717) is 37.8 Å². The molecular formula is C60H80N8O6S2. The van der Waals surface area contributed by atoms with Crippen LogP contribution >= 0.6 is 23.5 Å². The first kappa shape index (κ1) is 57.7. The lowest BCUT2D eigenvalue weighted by molar-refractivity contribution is -0.138. The third-order valence-electron chi connectivity index (χ3n) is 15.4. The maximum atomic E-state index is 13.9. The SMILES string of the molecule is C/C=C1\C=C(\c2ccc(-c3cnc([C@@H]4CCCCN4C(=O)[C@H](CCSC)NC(=O)OC)[nH]3)cc2)[C@H](C)CC[C@@H](C)/C=C\C(=C(/C)c2ccc(-c3cnc([C@@H]4CCCCN4C(=O)[C@H](CCSC)NC(=O)OC)[nH]3)cc2)CC1. The molecule has 1 aliphatic carbocycles. The number of hydrogen-bond acceptors (Lipinski definition) is 10. The number of nitrogens with zero attached hydrogens (tertiary/aromatic N) is 4. The van der Waals surface area contributed by atoms with Crippen LogP contribution in [-0.2, 0) is 19.1 Å². The molecule has 4 heterocycles. The molecule has 3 aliphatic rings. The first-order valence-electron chi connectivity index (χ1n) is 27.2. The van der Waals surface area contributed by atoms with E-state index in [-0.39, 0.29) is 23.9 Å². The summed E-state index contributed by atoms with van der Waals surface area (Å²) in [6.07, 6.45) is 26.3. The van der Waals surface area contributed by atoms with Gasteiger partial charge in [0.2, 0.25) is 11.8 Å². The maximum Gasteiger partial charge on any atom is 0.407 e. The Kier molecular flexibility index (Phi) is 21.6. The van der Waals surface area contributed by atoms with Crippen LogP contribution < -0.4 is 10.6 Å². The number of thioether (sulfide) groups is 2.